The third kappa shape index (κ3) is 1.31. The van der Waals surface area contributed by atoms with Crippen LogP contribution in [-0.2, 0) is 4.74 Å². The maximum atomic E-state index is 5.86. The molecule has 0 spiro atoms. The fraction of sp³-hybridized carbons (Fsp3) is 1.00. The van der Waals surface area contributed by atoms with E-state index in [1.165, 1.54) is 38.5 Å². The van der Waals surface area contributed by atoms with E-state index < -0.39 is 0 Å². The Hall–Kier alpha value is -0.0400. The first-order chi connectivity index (χ1) is 5.35. The first kappa shape index (κ1) is 7.60. The van der Waals surface area contributed by atoms with Gasteiger partial charge in [-0.05, 0) is 38.5 Å². The topological polar surface area (TPSA) is 9.23 Å². The highest BCUT2D eigenvalue weighted by Gasteiger charge is 2.42. The van der Waals surface area contributed by atoms with Crippen LogP contribution in [0.4, 0.5) is 0 Å². The number of fused-ring (bicyclic) bond motifs is 2. The Bertz CT molecular complexity index is 134. The lowest BCUT2D eigenvalue weighted by molar-refractivity contribution is -0.0528. The van der Waals surface area contributed by atoms with Gasteiger partial charge in [0, 0.05) is 6.61 Å². The van der Waals surface area contributed by atoms with Crippen LogP contribution in [0, 0.1) is 5.92 Å². The summed E-state index contributed by atoms with van der Waals surface area (Å²) >= 11 is 0. The molecule has 11 heavy (non-hydrogen) atoms. The quantitative estimate of drug-likeness (QED) is 0.594. The summed E-state index contributed by atoms with van der Waals surface area (Å²) in [4.78, 5) is 0. The SMILES string of the molecule is CCOC12CCCC(CC1)C2. The van der Waals surface area contributed by atoms with Crippen molar-refractivity contribution in [2.75, 3.05) is 6.61 Å². The molecule has 2 unspecified atom stereocenters. The molecule has 0 aromatic rings. The van der Waals surface area contributed by atoms with Gasteiger partial charge in [0.2, 0.25) is 0 Å². The molecule has 2 aliphatic rings. The summed E-state index contributed by atoms with van der Waals surface area (Å²) in [6, 6.07) is 0. The molecule has 2 saturated carbocycles. The van der Waals surface area contributed by atoms with E-state index in [4.69, 9.17) is 4.74 Å². The van der Waals surface area contributed by atoms with E-state index in [0.717, 1.165) is 12.5 Å². The summed E-state index contributed by atoms with van der Waals surface area (Å²) in [5.41, 5.74) is 0.345. The summed E-state index contributed by atoms with van der Waals surface area (Å²) in [6.07, 6.45) is 8.34. The lowest BCUT2D eigenvalue weighted by Gasteiger charge is -2.32. The Kier molecular flexibility index (Phi) is 1.92. The van der Waals surface area contributed by atoms with Crippen molar-refractivity contribution in [3.63, 3.8) is 0 Å². The van der Waals surface area contributed by atoms with Crippen molar-refractivity contribution < 1.29 is 4.74 Å². The summed E-state index contributed by atoms with van der Waals surface area (Å²) < 4.78 is 5.86. The molecular weight excluding hydrogens is 136 g/mol. The van der Waals surface area contributed by atoms with Crippen molar-refractivity contribution in [3.8, 4) is 0 Å². The lowest BCUT2D eigenvalue weighted by Crippen LogP contribution is -2.31. The average molecular weight is 154 g/mol. The molecule has 2 fully saturated rings. The van der Waals surface area contributed by atoms with Gasteiger partial charge < -0.3 is 4.74 Å². The van der Waals surface area contributed by atoms with E-state index in [-0.39, 0.29) is 0 Å². The largest absolute Gasteiger partial charge is 0.375 e. The van der Waals surface area contributed by atoms with Crippen LogP contribution in [0.25, 0.3) is 0 Å². The maximum absolute atomic E-state index is 5.86. The van der Waals surface area contributed by atoms with Gasteiger partial charge in [-0.3, -0.25) is 0 Å². The van der Waals surface area contributed by atoms with Gasteiger partial charge in [-0.2, -0.15) is 0 Å². The van der Waals surface area contributed by atoms with Crippen LogP contribution in [-0.4, -0.2) is 12.2 Å². The minimum Gasteiger partial charge on any atom is -0.375 e. The summed E-state index contributed by atoms with van der Waals surface area (Å²) in [5.74, 6) is 1.01. The third-order valence-corrected chi connectivity index (χ3v) is 3.36. The van der Waals surface area contributed by atoms with Gasteiger partial charge in [0.15, 0.2) is 0 Å². The van der Waals surface area contributed by atoms with Gasteiger partial charge in [-0.1, -0.05) is 12.8 Å². The molecule has 0 aromatic heterocycles. The first-order valence-corrected chi connectivity index (χ1v) is 4.99. The molecule has 1 nitrogen and oxygen atoms in total. The highest BCUT2D eigenvalue weighted by atomic mass is 16.5. The van der Waals surface area contributed by atoms with Gasteiger partial charge in [0.25, 0.3) is 0 Å². The first-order valence-electron chi connectivity index (χ1n) is 4.99. The van der Waals surface area contributed by atoms with Crippen LogP contribution in [0.2, 0.25) is 0 Å². The van der Waals surface area contributed by atoms with Gasteiger partial charge in [0.1, 0.15) is 0 Å². The fourth-order valence-electron chi connectivity index (χ4n) is 2.89. The predicted molar refractivity (Wildman–Crippen MR) is 45.5 cm³/mol. The van der Waals surface area contributed by atoms with Crippen molar-refractivity contribution in [1.29, 1.82) is 0 Å². The van der Waals surface area contributed by atoms with Crippen molar-refractivity contribution in [2.45, 2.75) is 51.0 Å². The molecule has 0 N–H and O–H groups in total. The Labute approximate surface area is 69.1 Å². The van der Waals surface area contributed by atoms with Crippen LogP contribution in [0.1, 0.15) is 45.4 Å². The van der Waals surface area contributed by atoms with Crippen molar-refractivity contribution in [1.82, 2.24) is 0 Å². The molecule has 0 radical (unpaired) electrons. The lowest BCUT2D eigenvalue weighted by atomic mass is 9.85. The van der Waals surface area contributed by atoms with Gasteiger partial charge in [-0.25, -0.2) is 0 Å². The molecule has 0 heterocycles. The van der Waals surface area contributed by atoms with Crippen LogP contribution in [0.3, 0.4) is 0 Å². The van der Waals surface area contributed by atoms with E-state index in [1.807, 2.05) is 0 Å². The average Bonchev–Trinajstić information content (AvgIpc) is 2.28. The van der Waals surface area contributed by atoms with Crippen LogP contribution < -0.4 is 0 Å². The van der Waals surface area contributed by atoms with E-state index in [0.29, 0.717) is 5.60 Å². The molecule has 2 atom stereocenters. The van der Waals surface area contributed by atoms with Crippen molar-refractivity contribution in [2.24, 2.45) is 5.92 Å². The molecule has 0 saturated heterocycles. The second-order valence-electron chi connectivity index (χ2n) is 4.12. The van der Waals surface area contributed by atoms with E-state index in [2.05, 4.69) is 6.92 Å². The van der Waals surface area contributed by atoms with Crippen LogP contribution >= 0.6 is 0 Å². The Morgan fingerprint density at radius 2 is 2.27 bits per heavy atom. The Morgan fingerprint density at radius 1 is 1.36 bits per heavy atom. The molecule has 2 rings (SSSR count). The predicted octanol–water partition coefficient (Wildman–Crippen LogP) is 2.75. The summed E-state index contributed by atoms with van der Waals surface area (Å²) in [7, 11) is 0. The van der Waals surface area contributed by atoms with Crippen LogP contribution in [0.5, 0.6) is 0 Å². The van der Waals surface area contributed by atoms with Gasteiger partial charge in [-0.15, -0.1) is 0 Å². The minimum atomic E-state index is 0.345. The number of ether oxygens (including phenoxy) is 1. The number of hydrogen-bond donors (Lipinski definition) is 0. The standard InChI is InChI=1S/C10H18O/c1-2-11-10-6-3-4-9(8-10)5-7-10/h9H,2-8H2,1H3. The van der Waals surface area contributed by atoms with E-state index in [1.54, 1.807) is 0 Å². The van der Waals surface area contributed by atoms with Crippen molar-refractivity contribution >= 4 is 0 Å². The second kappa shape index (κ2) is 2.78. The molecule has 2 aliphatic carbocycles. The highest BCUT2D eigenvalue weighted by molar-refractivity contribution is 4.94. The normalized spacial score (nSPS) is 42.8. The molecule has 2 bridgehead atoms. The molecule has 0 amide bonds. The molecule has 64 valence electrons. The molecule has 0 aromatic carbocycles. The number of hydrogen-bond acceptors (Lipinski definition) is 1. The second-order valence-corrected chi connectivity index (χ2v) is 4.12. The fourth-order valence-corrected chi connectivity index (χ4v) is 2.89. The number of rotatable bonds is 2. The zero-order valence-corrected chi connectivity index (χ0v) is 7.44. The zero-order chi connectivity index (χ0) is 7.73. The Morgan fingerprint density at radius 3 is 3.09 bits per heavy atom. The zero-order valence-electron chi connectivity index (χ0n) is 7.44. The smallest absolute Gasteiger partial charge is 0.0685 e. The Balaban J connectivity index is 2.01. The minimum absolute atomic E-state index is 0.345. The van der Waals surface area contributed by atoms with Crippen molar-refractivity contribution in [3.05, 3.63) is 0 Å². The molecule has 1 heteroatoms. The van der Waals surface area contributed by atoms with E-state index >= 15 is 0 Å². The third-order valence-electron chi connectivity index (χ3n) is 3.36. The highest BCUT2D eigenvalue weighted by Crippen LogP contribution is 2.47. The monoisotopic (exact) mass is 154 g/mol. The van der Waals surface area contributed by atoms with E-state index in [9.17, 15) is 0 Å². The maximum Gasteiger partial charge on any atom is 0.0685 e. The molecular formula is C10H18O. The van der Waals surface area contributed by atoms with Crippen LogP contribution in [0.15, 0.2) is 0 Å². The molecule has 0 aliphatic heterocycles. The van der Waals surface area contributed by atoms with Gasteiger partial charge in [0.05, 0.1) is 5.60 Å². The van der Waals surface area contributed by atoms with Gasteiger partial charge >= 0.3 is 0 Å². The summed E-state index contributed by atoms with van der Waals surface area (Å²) in [6.45, 7) is 3.03. The summed E-state index contributed by atoms with van der Waals surface area (Å²) in [5, 5.41) is 0.